The van der Waals surface area contributed by atoms with Gasteiger partial charge in [-0.25, -0.2) is 14.2 Å². The largest absolute Gasteiger partial charge is 0.473 e. The minimum atomic E-state index is -0.395. The van der Waals surface area contributed by atoms with Crippen molar-refractivity contribution in [3.8, 4) is 0 Å². The smallest absolute Gasteiger partial charge is 0.202 e. The number of likely N-dealkylation sites (N-methyl/N-ethyl adjacent to an activating group) is 1. The summed E-state index contributed by atoms with van der Waals surface area (Å²) in [7, 11) is 1.90. The predicted molar refractivity (Wildman–Crippen MR) is 101 cm³/mol. The summed E-state index contributed by atoms with van der Waals surface area (Å²) in [6.07, 6.45) is 4.36. The summed E-state index contributed by atoms with van der Waals surface area (Å²) < 4.78 is 33.9. The highest BCUT2D eigenvalue weighted by molar-refractivity contribution is 5.30. The van der Waals surface area contributed by atoms with Crippen molar-refractivity contribution in [3.63, 3.8) is 0 Å². The van der Waals surface area contributed by atoms with Crippen molar-refractivity contribution in [2.45, 2.75) is 53.0 Å². The third kappa shape index (κ3) is 5.55. The Morgan fingerprint density at radius 1 is 1.38 bits per heavy atom. The molecule has 2 rings (SSSR count). The lowest BCUT2D eigenvalue weighted by atomic mass is 9.92. The fourth-order valence-electron chi connectivity index (χ4n) is 3.09. The molecule has 4 nitrogen and oxygen atoms in total. The van der Waals surface area contributed by atoms with Gasteiger partial charge < -0.3 is 10.1 Å². The number of hydrogen-bond acceptors (Lipinski definition) is 4. The number of hydrazine groups is 1. The van der Waals surface area contributed by atoms with E-state index < -0.39 is 5.92 Å². The second-order valence-electron chi connectivity index (χ2n) is 8.86. The fourth-order valence-corrected chi connectivity index (χ4v) is 3.09. The molecule has 2 N–H and O–H groups in total. The van der Waals surface area contributed by atoms with Gasteiger partial charge in [-0.1, -0.05) is 27.7 Å². The number of halogens is 2. The second-order valence-corrected chi connectivity index (χ2v) is 8.86. The lowest BCUT2D eigenvalue weighted by Gasteiger charge is -2.30. The molecule has 0 saturated heterocycles. The van der Waals surface area contributed by atoms with Crippen LogP contribution in [0, 0.1) is 11.3 Å². The molecule has 0 fully saturated rings. The first kappa shape index (κ1) is 20.9. The van der Waals surface area contributed by atoms with E-state index in [2.05, 4.69) is 38.4 Å². The van der Waals surface area contributed by atoms with Gasteiger partial charge in [-0.2, -0.15) is 0 Å². The van der Waals surface area contributed by atoms with Gasteiger partial charge in [-0.05, 0) is 38.0 Å². The van der Waals surface area contributed by atoms with Crippen molar-refractivity contribution in [2.24, 2.45) is 11.3 Å². The van der Waals surface area contributed by atoms with E-state index in [1.807, 2.05) is 18.1 Å². The minimum Gasteiger partial charge on any atom is -0.473 e. The first-order valence-corrected chi connectivity index (χ1v) is 9.33. The molecule has 0 spiro atoms. The van der Waals surface area contributed by atoms with Crippen LogP contribution in [0.2, 0.25) is 0 Å². The van der Waals surface area contributed by atoms with E-state index in [9.17, 15) is 8.78 Å². The second kappa shape index (κ2) is 8.09. The van der Waals surface area contributed by atoms with Crippen molar-refractivity contribution in [2.75, 3.05) is 26.7 Å². The summed E-state index contributed by atoms with van der Waals surface area (Å²) in [4.78, 5) is 0. The van der Waals surface area contributed by atoms with E-state index in [0.717, 1.165) is 19.5 Å². The Kier molecular flexibility index (Phi) is 6.51. The van der Waals surface area contributed by atoms with E-state index in [4.69, 9.17) is 4.74 Å². The normalized spacial score (nSPS) is 26.9. The molecule has 0 amide bonds. The maximum atomic E-state index is 14.1. The number of allylic oxidation sites excluding steroid dienone is 2. The highest BCUT2D eigenvalue weighted by atomic mass is 19.1. The molecule has 0 saturated carbocycles. The maximum absolute atomic E-state index is 14.1. The zero-order valence-electron chi connectivity index (χ0n) is 16.9. The van der Waals surface area contributed by atoms with Gasteiger partial charge in [-0.3, -0.25) is 5.01 Å². The summed E-state index contributed by atoms with van der Waals surface area (Å²) in [5.74, 6) is -0.300. The van der Waals surface area contributed by atoms with Crippen molar-refractivity contribution < 1.29 is 13.5 Å². The number of rotatable bonds is 7. The lowest BCUT2D eigenvalue weighted by molar-refractivity contribution is 0.0849. The van der Waals surface area contributed by atoms with Crippen LogP contribution in [0.4, 0.5) is 8.78 Å². The van der Waals surface area contributed by atoms with Crippen LogP contribution in [-0.4, -0.2) is 37.3 Å². The third-order valence-corrected chi connectivity index (χ3v) is 4.72. The van der Waals surface area contributed by atoms with Crippen LogP contribution >= 0.6 is 0 Å². The SMILES string of the molecule is CNCC1(C)C=C(OCC2=C(F)CC(C)C(F)=C2)N(CCC(C)(C)C)N1. The molecule has 2 atom stereocenters. The Hall–Kier alpha value is -1.40. The van der Waals surface area contributed by atoms with Crippen LogP contribution in [-0.2, 0) is 4.74 Å². The molecule has 6 heteroatoms. The predicted octanol–water partition coefficient (Wildman–Crippen LogP) is 4.20. The van der Waals surface area contributed by atoms with Crippen LogP contribution in [0.15, 0.2) is 35.3 Å². The molecule has 0 aromatic rings. The highest BCUT2D eigenvalue weighted by Gasteiger charge is 2.34. The van der Waals surface area contributed by atoms with E-state index in [0.29, 0.717) is 11.5 Å². The molecule has 1 aliphatic carbocycles. The molecule has 26 heavy (non-hydrogen) atoms. The van der Waals surface area contributed by atoms with E-state index in [1.54, 1.807) is 6.92 Å². The molecule has 1 heterocycles. The van der Waals surface area contributed by atoms with Gasteiger partial charge in [0.1, 0.15) is 18.3 Å². The van der Waals surface area contributed by atoms with Crippen molar-refractivity contribution in [1.82, 2.24) is 15.8 Å². The van der Waals surface area contributed by atoms with Gasteiger partial charge in [0.25, 0.3) is 0 Å². The quantitative estimate of drug-likeness (QED) is 0.705. The first-order chi connectivity index (χ1) is 12.0. The van der Waals surface area contributed by atoms with Gasteiger partial charge >= 0.3 is 0 Å². The molecule has 2 unspecified atom stereocenters. The van der Waals surface area contributed by atoms with Gasteiger partial charge in [0.15, 0.2) is 0 Å². The van der Waals surface area contributed by atoms with Crippen molar-refractivity contribution in [3.05, 3.63) is 35.3 Å². The summed E-state index contributed by atoms with van der Waals surface area (Å²) in [6.45, 7) is 11.9. The molecule has 1 aliphatic heterocycles. The Balaban J connectivity index is 2.08. The standard InChI is InChI=1S/C20H33F2N3O/c1-14-9-17(22)15(10-16(14)21)12-26-18-11-20(5,13-23-6)24-25(18)8-7-19(2,3)4/h10-11,14,23-24H,7-9,12-13H2,1-6H3. The van der Waals surface area contributed by atoms with Gasteiger partial charge in [-0.15, -0.1) is 0 Å². The van der Waals surface area contributed by atoms with Crippen LogP contribution < -0.4 is 10.7 Å². The van der Waals surface area contributed by atoms with Crippen LogP contribution in [0.25, 0.3) is 0 Å². The van der Waals surface area contributed by atoms with Gasteiger partial charge in [0.2, 0.25) is 5.88 Å². The van der Waals surface area contributed by atoms with Crippen LogP contribution in [0.5, 0.6) is 0 Å². The summed E-state index contributed by atoms with van der Waals surface area (Å²) in [6, 6.07) is 0. The molecule has 0 aromatic heterocycles. The van der Waals surface area contributed by atoms with Crippen molar-refractivity contribution in [1.29, 1.82) is 0 Å². The molecular weight excluding hydrogens is 336 g/mol. The molecule has 2 aliphatic rings. The molecule has 148 valence electrons. The Bertz CT molecular complexity index is 607. The van der Waals surface area contributed by atoms with E-state index in [-0.39, 0.29) is 35.6 Å². The molecule has 0 radical (unpaired) electrons. The van der Waals surface area contributed by atoms with Crippen molar-refractivity contribution >= 4 is 0 Å². The summed E-state index contributed by atoms with van der Waals surface area (Å²) in [5.41, 5.74) is 3.66. The molecule has 0 aromatic carbocycles. The molecular formula is C20H33F2N3O. The number of nitrogens with one attached hydrogen (secondary N) is 2. The number of nitrogens with zero attached hydrogens (tertiary/aromatic N) is 1. The number of hydrogen-bond donors (Lipinski definition) is 2. The third-order valence-electron chi connectivity index (χ3n) is 4.72. The summed E-state index contributed by atoms with van der Waals surface area (Å²) in [5, 5.41) is 5.15. The zero-order chi connectivity index (χ0) is 19.5. The zero-order valence-corrected chi connectivity index (χ0v) is 16.9. The van der Waals surface area contributed by atoms with Crippen LogP contribution in [0.1, 0.15) is 47.5 Å². The lowest BCUT2D eigenvalue weighted by Crippen LogP contribution is -2.50. The molecule has 0 bridgehead atoms. The Morgan fingerprint density at radius 2 is 2.08 bits per heavy atom. The average Bonchev–Trinajstić information content (AvgIpc) is 2.83. The average molecular weight is 370 g/mol. The van der Waals surface area contributed by atoms with E-state index in [1.165, 1.54) is 6.08 Å². The maximum Gasteiger partial charge on any atom is 0.202 e. The Labute approximate surface area is 156 Å². The van der Waals surface area contributed by atoms with E-state index >= 15 is 0 Å². The number of ether oxygens (including phenoxy) is 1. The summed E-state index contributed by atoms with van der Waals surface area (Å²) >= 11 is 0. The fraction of sp³-hybridized carbons (Fsp3) is 0.700. The topological polar surface area (TPSA) is 36.5 Å². The Morgan fingerprint density at radius 3 is 2.69 bits per heavy atom. The highest BCUT2D eigenvalue weighted by Crippen LogP contribution is 2.32. The monoisotopic (exact) mass is 369 g/mol. The minimum absolute atomic E-state index is 0.0289. The van der Waals surface area contributed by atoms with Gasteiger partial charge in [0.05, 0.1) is 5.54 Å². The first-order valence-electron chi connectivity index (χ1n) is 9.33. The van der Waals surface area contributed by atoms with Crippen LogP contribution in [0.3, 0.4) is 0 Å². The van der Waals surface area contributed by atoms with Gasteiger partial charge in [0, 0.05) is 31.0 Å².